The second kappa shape index (κ2) is 4.14. The molecule has 2 rings (SSSR count). The highest BCUT2D eigenvalue weighted by molar-refractivity contribution is 5.99. The van der Waals surface area contributed by atoms with Crippen LogP contribution in [-0.2, 0) is 19.1 Å². The van der Waals surface area contributed by atoms with Gasteiger partial charge in [0.05, 0.1) is 12.0 Å². The third-order valence-electron chi connectivity index (χ3n) is 2.09. The first-order valence-corrected chi connectivity index (χ1v) is 4.67. The van der Waals surface area contributed by atoms with Gasteiger partial charge >= 0.3 is 17.9 Å². The quantitative estimate of drug-likeness (QED) is 0.541. The van der Waals surface area contributed by atoms with E-state index in [0.29, 0.717) is 5.56 Å². The van der Waals surface area contributed by atoms with E-state index in [-0.39, 0.29) is 6.42 Å². The summed E-state index contributed by atoms with van der Waals surface area (Å²) in [4.78, 5) is 33.3. The molecule has 5 heteroatoms. The predicted molar refractivity (Wildman–Crippen MR) is 51.4 cm³/mol. The summed E-state index contributed by atoms with van der Waals surface area (Å²) in [5.74, 6) is -2.12. The number of benzene rings is 1. The van der Waals surface area contributed by atoms with Crippen LogP contribution in [0.2, 0.25) is 0 Å². The van der Waals surface area contributed by atoms with E-state index in [2.05, 4.69) is 4.74 Å². The van der Waals surface area contributed by atoms with Gasteiger partial charge in [-0.15, -0.1) is 0 Å². The van der Waals surface area contributed by atoms with E-state index in [0.717, 1.165) is 0 Å². The van der Waals surface area contributed by atoms with Crippen LogP contribution in [0.15, 0.2) is 30.3 Å². The lowest BCUT2D eigenvalue weighted by molar-refractivity contribution is -0.154. The molecule has 0 aliphatic carbocycles. The Morgan fingerprint density at radius 3 is 2.50 bits per heavy atom. The van der Waals surface area contributed by atoms with Crippen LogP contribution in [0.25, 0.3) is 0 Å². The molecule has 0 saturated carbocycles. The lowest BCUT2D eigenvalue weighted by Gasteiger charge is -2.06. The third kappa shape index (κ3) is 2.08. The van der Waals surface area contributed by atoms with Crippen LogP contribution in [0.5, 0.6) is 0 Å². The highest BCUT2D eigenvalue weighted by atomic mass is 16.6. The minimum Gasteiger partial charge on any atom is -0.446 e. The summed E-state index contributed by atoms with van der Waals surface area (Å²) in [5, 5.41) is 0. The van der Waals surface area contributed by atoms with Crippen molar-refractivity contribution >= 4 is 17.9 Å². The van der Waals surface area contributed by atoms with Crippen molar-refractivity contribution in [3.05, 3.63) is 35.9 Å². The molecule has 0 unspecified atom stereocenters. The minimum atomic E-state index is -1.11. The second-order valence-corrected chi connectivity index (χ2v) is 3.26. The highest BCUT2D eigenvalue weighted by Crippen LogP contribution is 2.14. The van der Waals surface area contributed by atoms with Crippen molar-refractivity contribution in [2.24, 2.45) is 0 Å². The average molecular weight is 220 g/mol. The fourth-order valence-electron chi connectivity index (χ4n) is 1.32. The average Bonchev–Trinajstić information content (AvgIpc) is 2.59. The Bertz CT molecular complexity index is 437. The van der Waals surface area contributed by atoms with E-state index in [4.69, 9.17) is 4.74 Å². The summed E-state index contributed by atoms with van der Waals surface area (Å²) in [6.07, 6.45) is -1.32. The zero-order valence-corrected chi connectivity index (χ0v) is 8.21. The summed E-state index contributed by atoms with van der Waals surface area (Å²) in [7, 11) is 0. The summed E-state index contributed by atoms with van der Waals surface area (Å²) in [6.45, 7) is 0. The lowest BCUT2D eigenvalue weighted by atomic mass is 10.2. The molecule has 0 bridgehead atoms. The van der Waals surface area contributed by atoms with Gasteiger partial charge in [0.15, 0.2) is 0 Å². The van der Waals surface area contributed by atoms with Gasteiger partial charge in [0.1, 0.15) is 0 Å². The number of hydrogen-bond acceptors (Lipinski definition) is 5. The van der Waals surface area contributed by atoms with Gasteiger partial charge in [-0.25, -0.2) is 9.59 Å². The van der Waals surface area contributed by atoms with E-state index < -0.39 is 24.0 Å². The van der Waals surface area contributed by atoms with Gasteiger partial charge in [-0.05, 0) is 12.1 Å². The fraction of sp³-hybridized carbons (Fsp3) is 0.182. The topological polar surface area (TPSA) is 69.7 Å². The molecule has 0 amide bonds. The summed E-state index contributed by atoms with van der Waals surface area (Å²) in [6, 6.07) is 8.22. The molecule has 0 spiro atoms. The molecule has 16 heavy (non-hydrogen) atoms. The van der Waals surface area contributed by atoms with E-state index in [1.54, 1.807) is 30.3 Å². The third-order valence-corrected chi connectivity index (χ3v) is 2.09. The molecule has 82 valence electrons. The van der Waals surface area contributed by atoms with E-state index in [1.165, 1.54) is 0 Å². The highest BCUT2D eigenvalue weighted by Gasteiger charge is 2.36. The first-order chi connectivity index (χ1) is 7.66. The van der Waals surface area contributed by atoms with Crippen molar-refractivity contribution in [2.45, 2.75) is 12.5 Å². The SMILES string of the molecule is O=C1C[C@@H](OC(=O)c2ccccc2)C(=O)O1. The molecule has 1 fully saturated rings. The van der Waals surface area contributed by atoms with Gasteiger partial charge in [0, 0.05) is 0 Å². The van der Waals surface area contributed by atoms with Crippen molar-refractivity contribution in [1.29, 1.82) is 0 Å². The summed E-state index contributed by atoms with van der Waals surface area (Å²) in [5.41, 5.74) is 0.328. The number of carbonyl (C=O) groups is 3. The lowest BCUT2D eigenvalue weighted by Crippen LogP contribution is -2.22. The van der Waals surface area contributed by atoms with Crippen LogP contribution in [0.1, 0.15) is 16.8 Å². The van der Waals surface area contributed by atoms with E-state index in [1.807, 2.05) is 0 Å². The van der Waals surface area contributed by atoms with Crippen molar-refractivity contribution in [3.63, 3.8) is 0 Å². The van der Waals surface area contributed by atoms with Crippen LogP contribution in [0.3, 0.4) is 0 Å². The summed E-state index contributed by atoms with van der Waals surface area (Å²) >= 11 is 0. The largest absolute Gasteiger partial charge is 0.446 e. The van der Waals surface area contributed by atoms with Gasteiger partial charge in [-0.3, -0.25) is 4.79 Å². The molecular formula is C11H8O5. The van der Waals surface area contributed by atoms with Crippen molar-refractivity contribution in [3.8, 4) is 0 Å². The Morgan fingerprint density at radius 1 is 1.25 bits per heavy atom. The van der Waals surface area contributed by atoms with Gasteiger partial charge in [0.25, 0.3) is 0 Å². The van der Waals surface area contributed by atoms with Gasteiger partial charge in [-0.2, -0.15) is 0 Å². The first kappa shape index (κ1) is 10.4. The maximum atomic E-state index is 11.5. The van der Waals surface area contributed by atoms with E-state index in [9.17, 15) is 14.4 Å². The Labute approximate surface area is 91.0 Å². The Morgan fingerprint density at radius 2 is 1.94 bits per heavy atom. The zero-order valence-electron chi connectivity index (χ0n) is 8.21. The van der Waals surface area contributed by atoms with Crippen LogP contribution in [0.4, 0.5) is 0 Å². The molecule has 5 nitrogen and oxygen atoms in total. The number of ether oxygens (including phenoxy) is 2. The predicted octanol–water partition coefficient (Wildman–Crippen LogP) is 0.685. The molecule has 1 saturated heterocycles. The van der Waals surface area contributed by atoms with Crippen molar-refractivity contribution < 1.29 is 23.9 Å². The van der Waals surface area contributed by atoms with Crippen molar-refractivity contribution in [1.82, 2.24) is 0 Å². The number of hydrogen-bond donors (Lipinski definition) is 0. The van der Waals surface area contributed by atoms with Gasteiger partial charge in [-0.1, -0.05) is 18.2 Å². The molecule has 0 aromatic heterocycles. The smallest absolute Gasteiger partial charge is 0.355 e. The Hall–Kier alpha value is -2.17. The molecule has 0 N–H and O–H groups in total. The Balaban J connectivity index is 2.03. The van der Waals surface area contributed by atoms with Crippen LogP contribution >= 0.6 is 0 Å². The number of carbonyl (C=O) groups excluding carboxylic acids is 3. The standard InChI is InChI=1S/C11H8O5/c12-9-6-8(11(14)16-9)15-10(13)7-4-2-1-3-5-7/h1-5,8H,6H2/t8-/m1/s1. The fourth-order valence-corrected chi connectivity index (χ4v) is 1.32. The molecule has 1 atom stereocenters. The van der Waals surface area contributed by atoms with Gasteiger partial charge in [0.2, 0.25) is 6.10 Å². The molecule has 1 aliphatic rings. The molecule has 1 aromatic carbocycles. The van der Waals surface area contributed by atoms with Gasteiger partial charge < -0.3 is 9.47 Å². The molecule has 1 heterocycles. The molecule has 0 radical (unpaired) electrons. The monoisotopic (exact) mass is 220 g/mol. The maximum Gasteiger partial charge on any atom is 0.355 e. The Kier molecular flexibility index (Phi) is 2.68. The maximum absolute atomic E-state index is 11.5. The molecular weight excluding hydrogens is 212 g/mol. The summed E-state index contributed by atoms with van der Waals surface area (Å²) < 4.78 is 9.10. The molecule has 1 aliphatic heterocycles. The second-order valence-electron chi connectivity index (χ2n) is 3.26. The van der Waals surface area contributed by atoms with Crippen LogP contribution < -0.4 is 0 Å². The number of esters is 3. The number of cyclic esters (lactones) is 2. The van der Waals surface area contributed by atoms with Crippen LogP contribution in [0, 0.1) is 0 Å². The van der Waals surface area contributed by atoms with Crippen LogP contribution in [-0.4, -0.2) is 24.0 Å². The normalized spacial score (nSPS) is 19.4. The zero-order chi connectivity index (χ0) is 11.5. The number of rotatable bonds is 2. The minimum absolute atomic E-state index is 0.211. The molecule has 1 aromatic rings. The first-order valence-electron chi connectivity index (χ1n) is 4.67. The van der Waals surface area contributed by atoms with E-state index >= 15 is 0 Å². The van der Waals surface area contributed by atoms with Crippen molar-refractivity contribution in [2.75, 3.05) is 0 Å².